The van der Waals surface area contributed by atoms with E-state index in [4.69, 9.17) is 11.6 Å². The molecule has 0 aliphatic carbocycles. The van der Waals surface area contributed by atoms with Crippen LogP contribution in [-0.2, 0) is 6.54 Å². The summed E-state index contributed by atoms with van der Waals surface area (Å²) in [6, 6.07) is 4.49. The van der Waals surface area contributed by atoms with Crippen LogP contribution in [0.15, 0.2) is 18.2 Å². The second-order valence-electron chi connectivity index (χ2n) is 4.34. The van der Waals surface area contributed by atoms with Gasteiger partial charge in [-0.1, -0.05) is 17.7 Å². The van der Waals surface area contributed by atoms with Crippen molar-refractivity contribution in [2.45, 2.75) is 12.9 Å². The van der Waals surface area contributed by atoms with E-state index in [1.165, 1.54) is 12.1 Å². The SMILES string of the molecule is FC(F)(F)Oc1cc(CN2CCNCC2)ccc1Cl. The van der Waals surface area contributed by atoms with E-state index in [-0.39, 0.29) is 10.8 Å². The molecule has 0 spiro atoms. The lowest BCUT2D eigenvalue weighted by Crippen LogP contribution is -2.42. The minimum Gasteiger partial charge on any atom is -0.404 e. The van der Waals surface area contributed by atoms with Crippen LogP contribution < -0.4 is 10.1 Å². The Bertz CT molecular complexity index is 433. The lowest BCUT2D eigenvalue weighted by Gasteiger charge is -2.27. The summed E-state index contributed by atoms with van der Waals surface area (Å²) in [5.41, 5.74) is 0.755. The number of halogens is 4. The van der Waals surface area contributed by atoms with Gasteiger partial charge >= 0.3 is 6.36 Å². The highest BCUT2D eigenvalue weighted by Gasteiger charge is 2.32. The minimum absolute atomic E-state index is 0.0404. The van der Waals surface area contributed by atoms with Crippen molar-refractivity contribution >= 4 is 11.6 Å². The third-order valence-corrected chi connectivity index (χ3v) is 3.15. The molecular formula is C12H14ClF3N2O. The monoisotopic (exact) mass is 294 g/mol. The third-order valence-electron chi connectivity index (χ3n) is 2.84. The summed E-state index contributed by atoms with van der Waals surface area (Å²) >= 11 is 5.70. The Hall–Kier alpha value is -0.980. The number of rotatable bonds is 3. The van der Waals surface area contributed by atoms with E-state index in [9.17, 15) is 13.2 Å². The van der Waals surface area contributed by atoms with Crippen LogP contribution in [0.25, 0.3) is 0 Å². The zero-order valence-corrected chi connectivity index (χ0v) is 10.9. The fourth-order valence-corrected chi connectivity index (χ4v) is 2.13. The van der Waals surface area contributed by atoms with E-state index >= 15 is 0 Å². The maximum Gasteiger partial charge on any atom is 0.573 e. The summed E-state index contributed by atoms with van der Waals surface area (Å²) in [4.78, 5) is 2.16. The first-order valence-corrected chi connectivity index (χ1v) is 6.29. The molecular weight excluding hydrogens is 281 g/mol. The van der Waals surface area contributed by atoms with Gasteiger partial charge < -0.3 is 10.1 Å². The van der Waals surface area contributed by atoms with Crippen molar-refractivity contribution < 1.29 is 17.9 Å². The Kier molecular flexibility index (Phi) is 4.54. The van der Waals surface area contributed by atoms with Gasteiger partial charge in [-0.3, -0.25) is 4.90 Å². The Labute approximate surface area is 114 Å². The first-order valence-electron chi connectivity index (χ1n) is 5.91. The van der Waals surface area contributed by atoms with Gasteiger partial charge in [0.25, 0.3) is 0 Å². The molecule has 1 N–H and O–H groups in total. The van der Waals surface area contributed by atoms with Crippen molar-refractivity contribution in [3.8, 4) is 5.75 Å². The lowest BCUT2D eigenvalue weighted by atomic mass is 10.2. The molecule has 1 saturated heterocycles. The van der Waals surface area contributed by atoms with Crippen molar-refractivity contribution in [3.63, 3.8) is 0 Å². The van der Waals surface area contributed by atoms with E-state index < -0.39 is 6.36 Å². The summed E-state index contributed by atoms with van der Waals surface area (Å²) < 4.78 is 40.5. The van der Waals surface area contributed by atoms with Crippen LogP contribution >= 0.6 is 11.6 Å². The molecule has 1 aliphatic heterocycles. The summed E-state index contributed by atoms with van der Waals surface area (Å²) in [5.74, 6) is -0.346. The highest BCUT2D eigenvalue weighted by Crippen LogP contribution is 2.31. The largest absolute Gasteiger partial charge is 0.573 e. The van der Waals surface area contributed by atoms with Gasteiger partial charge in [0, 0.05) is 32.7 Å². The number of piperazine rings is 1. The quantitative estimate of drug-likeness (QED) is 0.927. The molecule has 0 aromatic heterocycles. The molecule has 0 amide bonds. The van der Waals surface area contributed by atoms with Crippen LogP contribution in [0.5, 0.6) is 5.75 Å². The van der Waals surface area contributed by atoms with Gasteiger partial charge in [-0.2, -0.15) is 0 Å². The Morgan fingerprint density at radius 3 is 2.58 bits per heavy atom. The van der Waals surface area contributed by atoms with Crippen molar-refractivity contribution in [1.82, 2.24) is 10.2 Å². The van der Waals surface area contributed by atoms with Crippen LogP contribution in [-0.4, -0.2) is 37.4 Å². The van der Waals surface area contributed by atoms with Crippen molar-refractivity contribution in [1.29, 1.82) is 0 Å². The van der Waals surface area contributed by atoms with Gasteiger partial charge in [-0.15, -0.1) is 13.2 Å². The van der Waals surface area contributed by atoms with E-state index in [2.05, 4.69) is 15.0 Å². The molecule has 106 valence electrons. The number of alkyl halides is 3. The lowest BCUT2D eigenvalue weighted by molar-refractivity contribution is -0.274. The molecule has 0 atom stereocenters. The molecule has 7 heteroatoms. The van der Waals surface area contributed by atoms with Crippen molar-refractivity contribution in [2.24, 2.45) is 0 Å². The first kappa shape index (κ1) is 14.4. The zero-order chi connectivity index (χ0) is 13.9. The van der Waals surface area contributed by atoms with Crippen molar-refractivity contribution in [3.05, 3.63) is 28.8 Å². The van der Waals surface area contributed by atoms with Crippen LogP contribution in [0.2, 0.25) is 5.02 Å². The molecule has 2 rings (SSSR count). The highest BCUT2D eigenvalue weighted by atomic mass is 35.5. The standard InChI is InChI=1S/C12H14ClF3N2O/c13-10-2-1-9(7-11(10)19-12(14,15)16)8-18-5-3-17-4-6-18/h1-2,7,17H,3-6,8H2. The first-order chi connectivity index (χ1) is 8.94. The van der Waals surface area contributed by atoms with Crippen LogP contribution in [0.1, 0.15) is 5.56 Å². The zero-order valence-electron chi connectivity index (χ0n) is 10.1. The van der Waals surface area contributed by atoms with Crippen LogP contribution in [0.3, 0.4) is 0 Å². The number of nitrogens with one attached hydrogen (secondary N) is 1. The van der Waals surface area contributed by atoms with Gasteiger partial charge in [0.15, 0.2) is 0 Å². The van der Waals surface area contributed by atoms with E-state index in [1.807, 2.05) is 0 Å². The topological polar surface area (TPSA) is 24.5 Å². The van der Waals surface area contributed by atoms with Gasteiger partial charge in [-0.05, 0) is 17.7 Å². The van der Waals surface area contributed by atoms with Gasteiger partial charge in [0.1, 0.15) is 5.75 Å². The molecule has 19 heavy (non-hydrogen) atoms. The summed E-state index contributed by atoms with van der Waals surface area (Å²) in [5, 5.41) is 3.18. The molecule has 0 bridgehead atoms. The number of hydrogen-bond acceptors (Lipinski definition) is 3. The fourth-order valence-electron chi connectivity index (χ4n) is 1.98. The third kappa shape index (κ3) is 4.56. The minimum atomic E-state index is -4.72. The number of ether oxygens (including phenoxy) is 1. The molecule has 0 unspecified atom stereocenters. The summed E-state index contributed by atoms with van der Waals surface area (Å²) in [6.45, 7) is 4.11. The molecule has 1 heterocycles. The Balaban J connectivity index is 2.07. The number of nitrogens with zero attached hydrogens (tertiary/aromatic N) is 1. The van der Waals surface area contributed by atoms with Crippen molar-refractivity contribution in [2.75, 3.05) is 26.2 Å². The predicted molar refractivity (Wildman–Crippen MR) is 66.3 cm³/mol. The van der Waals surface area contributed by atoms with E-state index in [0.717, 1.165) is 31.7 Å². The summed E-state index contributed by atoms with van der Waals surface area (Å²) in [7, 11) is 0. The molecule has 1 fully saturated rings. The average molecular weight is 295 g/mol. The summed E-state index contributed by atoms with van der Waals surface area (Å²) in [6.07, 6.45) is -4.72. The maximum atomic E-state index is 12.2. The number of benzene rings is 1. The van der Waals surface area contributed by atoms with Gasteiger partial charge in [0.05, 0.1) is 5.02 Å². The molecule has 3 nitrogen and oxygen atoms in total. The van der Waals surface area contributed by atoms with Crippen LogP contribution in [0.4, 0.5) is 13.2 Å². The average Bonchev–Trinajstić information content (AvgIpc) is 2.33. The fraction of sp³-hybridized carbons (Fsp3) is 0.500. The Morgan fingerprint density at radius 1 is 1.26 bits per heavy atom. The van der Waals surface area contributed by atoms with E-state index in [1.54, 1.807) is 6.07 Å². The molecule has 1 aromatic rings. The van der Waals surface area contributed by atoms with Gasteiger partial charge in [0.2, 0.25) is 0 Å². The van der Waals surface area contributed by atoms with E-state index in [0.29, 0.717) is 6.54 Å². The molecule has 1 aromatic carbocycles. The second kappa shape index (κ2) is 5.98. The molecule has 0 saturated carbocycles. The van der Waals surface area contributed by atoms with Crippen LogP contribution in [0, 0.1) is 0 Å². The normalized spacial score (nSPS) is 17.5. The highest BCUT2D eigenvalue weighted by molar-refractivity contribution is 6.32. The smallest absolute Gasteiger partial charge is 0.404 e. The number of hydrogen-bond donors (Lipinski definition) is 1. The van der Waals surface area contributed by atoms with Gasteiger partial charge in [-0.25, -0.2) is 0 Å². The molecule has 0 radical (unpaired) electrons. The second-order valence-corrected chi connectivity index (χ2v) is 4.75. The maximum absolute atomic E-state index is 12.2. The predicted octanol–water partition coefficient (Wildman–Crippen LogP) is 2.64. The Morgan fingerprint density at radius 2 is 1.95 bits per heavy atom. The molecule has 1 aliphatic rings.